The van der Waals surface area contributed by atoms with Gasteiger partial charge in [-0.3, -0.25) is 14.2 Å². The van der Waals surface area contributed by atoms with Gasteiger partial charge < -0.3 is 8.83 Å². The largest absolute Gasteiger partial charge is 0.467 e. The fraction of sp³-hybridized carbons (Fsp3) is 0.120. The first-order valence-corrected chi connectivity index (χ1v) is 11.0. The number of nitrogens with zero attached hydrogens (tertiary/aromatic N) is 4. The van der Waals surface area contributed by atoms with Gasteiger partial charge in [-0.15, -0.1) is 0 Å². The van der Waals surface area contributed by atoms with Crippen LogP contribution in [0.5, 0.6) is 0 Å². The molecule has 0 spiro atoms. The standard InChI is InChI=1S/C25H17ClN4O4/c26-16-9-7-15(8-10-16)18-12-19(21-6-3-11-33-21)30(28-18)22(31)13-29-14-27-23-17-4-1-2-5-20(17)34-24(23)25(29)32/h1-11,14,19H,12-13H2. The molecule has 0 saturated carbocycles. The van der Waals surface area contributed by atoms with Gasteiger partial charge in [-0.25, -0.2) is 9.99 Å². The highest BCUT2D eigenvalue weighted by Crippen LogP contribution is 2.33. The van der Waals surface area contributed by atoms with E-state index in [0.29, 0.717) is 28.3 Å². The van der Waals surface area contributed by atoms with Crippen LogP contribution in [0.4, 0.5) is 0 Å². The minimum absolute atomic E-state index is 0.117. The van der Waals surface area contributed by atoms with E-state index in [1.54, 1.807) is 36.6 Å². The number of hydrazone groups is 1. The van der Waals surface area contributed by atoms with E-state index in [0.717, 1.165) is 16.7 Å². The van der Waals surface area contributed by atoms with Crippen LogP contribution in [0.25, 0.3) is 22.1 Å². The molecule has 34 heavy (non-hydrogen) atoms. The number of carbonyl (C=O) groups excluding carboxylic acids is 1. The Morgan fingerprint density at radius 2 is 1.91 bits per heavy atom. The number of hydrogen-bond acceptors (Lipinski definition) is 6. The van der Waals surface area contributed by atoms with Crippen LogP contribution in [0.2, 0.25) is 5.02 Å². The van der Waals surface area contributed by atoms with Gasteiger partial charge in [0.1, 0.15) is 29.4 Å². The van der Waals surface area contributed by atoms with Gasteiger partial charge in [0.25, 0.3) is 11.5 Å². The van der Waals surface area contributed by atoms with Gasteiger partial charge in [0.2, 0.25) is 5.58 Å². The monoisotopic (exact) mass is 472 g/mol. The Hall–Kier alpha value is -4.17. The van der Waals surface area contributed by atoms with Crippen LogP contribution < -0.4 is 5.56 Å². The molecule has 0 N–H and O–H groups in total. The summed E-state index contributed by atoms with van der Waals surface area (Å²) in [6.07, 6.45) is 3.39. The highest BCUT2D eigenvalue weighted by atomic mass is 35.5. The fourth-order valence-electron chi connectivity index (χ4n) is 4.21. The topological polar surface area (TPSA) is 93.8 Å². The number of rotatable bonds is 4. The smallest absolute Gasteiger partial charge is 0.297 e. The predicted molar refractivity (Wildman–Crippen MR) is 127 cm³/mol. The lowest BCUT2D eigenvalue weighted by Crippen LogP contribution is -2.33. The Morgan fingerprint density at radius 3 is 2.71 bits per heavy atom. The van der Waals surface area contributed by atoms with Gasteiger partial charge in [0.15, 0.2) is 0 Å². The van der Waals surface area contributed by atoms with Gasteiger partial charge >= 0.3 is 0 Å². The Morgan fingerprint density at radius 1 is 1.09 bits per heavy atom. The Kier molecular flexibility index (Phi) is 4.81. The summed E-state index contributed by atoms with van der Waals surface area (Å²) in [5.41, 5.74) is 2.32. The average molecular weight is 473 g/mol. The third-order valence-electron chi connectivity index (χ3n) is 5.87. The lowest BCUT2D eigenvalue weighted by Gasteiger charge is -2.20. The molecule has 0 saturated heterocycles. The Labute approximate surface area is 197 Å². The van der Waals surface area contributed by atoms with E-state index in [9.17, 15) is 9.59 Å². The van der Waals surface area contributed by atoms with Gasteiger partial charge in [-0.1, -0.05) is 35.9 Å². The van der Waals surface area contributed by atoms with Crippen molar-refractivity contribution in [3.8, 4) is 0 Å². The second kappa shape index (κ2) is 8.00. The number of para-hydroxylation sites is 1. The average Bonchev–Trinajstić information content (AvgIpc) is 3.60. The molecule has 0 aliphatic carbocycles. The van der Waals surface area contributed by atoms with E-state index in [2.05, 4.69) is 10.1 Å². The van der Waals surface area contributed by atoms with E-state index in [1.807, 2.05) is 30.3 Å². The molecule has 5 aromatic rings. The van der Waals surface area contributed by atoms with Crippen molar-refractivity contribution in [3.63, 3.8) is 0 Å². The summed E-state index contributed by atoms with van der Waals surface area (Å²) in [5.74, 6) is 0.240. The van der Waals surface area contributed by atoms with Crippen molar-refractivity contribution in [2.24, 2.45) is 5.10 Å². The molecule has 1 aliphatic heterocycles. The molecule has 1 amide bonds. The van der Waals surface area contributed by atoms with Crippen LogP contribution in [0, 0.1) is 0 Å². The molecule has 0 fully saturated rings. The summed E-state index contributed by atoms with van der Waals surface area (Å²) in [6, 6.07) is 17.7. The normalized spacial score (nSPS) is 15.9. The zero-order valence-electron chi connectivity index (χ0n) is 17.7. The molecular weight excluding hydrogens is 456 g/mol. The summed E-state index contributed by atoms with van der Waals surface area (Å²) in [7, 11) is 0. The Bertz CT molecular complexity index is 1620. The number of benzene rings is 2. The highest BCUT2D eigenvalue weighted by molar-refractivity contribution is 6.30. The summed E-state index contributed by atoms with van der Waals surface area (Å²) >= 11 is 6.01. The minimum Gasteiger partial charge on any atom is -0.467 e. The molecular formula is C25H17ClN4O4. The van der Waals surface area contributed by atoms with Crippen LogP contribution >= 0.6 is 11.6 Å². The first-order valence-electron chi connectivity index (χ1n) is 10.6. The molecule has 1 atom stereocenters. The summed E-state index contributed by atoms with van der Waals surface area (Å²) in [5, 5.41) is 7.33. The van der Waals surface area contributed by atoms with E-state index in [4.69, 9.17) is 20.4 Å². The second-order valence-corrected chi connectivity index (χ2v) is 8.42. The Balaban J connectivity index is 1.35. The fourth-order valence-corrected chi connectivity index (χ4v) is 4.33. The first-order chi connectivity index (χ1) is 16.6. The molecule has 3 aromatic heterocycles. The number of hydrogen-bond donors (Lipinski definition) is 0. The molecule has 4 heterocycles. The van der Waals surface area contributed by atoms with E-state index in [1.165, 1.54) is 15.9 Å². The zero-order valence-corrected chi connectivity index (χ0v) is 18.5. The maximum Gasteiger partial charge on any atom is 0.297 e. The SMILES string of the molecule is O=C(Cn1cnc2c(oc3ccccc32)c1=O)N1N=C(c2ccc(Cl)cc2)CC1c1ccco1. The number of aromatic nitrogens is 2. The van der Waals surface area contributed by atoms with Gasteiger partial charge in [-0.05, 0) is 42.0 Å². The van der Waals surface area contributed by atoms with Crippen molar-refractivity contribution in [1.29, 1.82) is 0 Å². The number of furan rings is 2. The van der Waals surface area contributed by atoms with Crippen molar-refractivity contribution in [3.05, 3.63) is 100.0 Å². The number of carbonyl (C=O) groups is 1. The van der Waals surface area contributed by atoms with Crippen molar-refractivity contribution in [2.45, 2.75) is 19.0 Å². The van der Waals surface area contributed by atoms with Crippen LogP contribution in [0.1, 0.15) is 23.8 Å². The number of halogens is 1. The summed E-state index contributed by atoms with van der Waals surface area (Å²) < 4.78 is 12.5. The molecule has 0 radical (unpaired) electrons. The molecule has 9 heteroatoms. The summed E-state index contributed by atoms with van der Waals surface area (Å²) in [6.45, 7) is -0.243. The summed E-state index contributed by atoms with van der Waals surface area (Å²) in [4.78, 5) is 30.8. The van der Waals surface area contributed by atoms with Crippen molar-refractivity contribution in [1.82, 2.24) is 14.6 Å². The molecule has 1 unspecified atom stereocenters. The number of fused-ring (bicyclic) bond motifs is 3. The predicted octanol–water partition coefficient (Wildman–Crippen LogP) is 4.77. The van der Waals surface area contributed by atoms with Crippen LogP contribution in [-0.2, 0) is 11.3 Å². The molecule has 6 rings (SSSR count). The lowest BCUT2D eigenvalue weighted by atomic mass is 10.0. The van der Waals surface area contributed by atoms with Gasteiger partial charge in [0.05, 0.1) is 18.3 Å². The molecule has 168 valence electrons. The highest BCUT2D eigenvalue weighted by Gasteiger charge is 2.35. The minimum atomic E-state index is -0.426. The molecule has 2 aromatic carbocycles. The second-order valence-electron chi connectivity index (χ2n) is 7.98. The van der Waals surface area contributed by atoms with Crippen molar-refractivity contribution < 1.29 is 13.6 Å². The first kappa shape index (κ1) is 20.4. The quantitative estimate of drug-likeness (QED) is 0.375. The van der Waals surface area contributed by atoms with E-state index < -0.39 is 11.6 Å². The van der Waals surface area contributed by atoms with Gasteiger partial charge in [-0.2, -0.15) is 5.10 Å². The van der Waals surface area contributed by atoms with E-state index in [-0.39, 0.29) is 18.0 Å². The number of amides is 1. The maximum atomic E-state index is 13.3. The zero-order chi connectivity index (χ0) is 23.2. The van der Waals surface area contributed by atoms with Gasteiger partial charge in [0, 0.05) is 16.8 Å². The lowest BCUT2D eigenvalue weighted by molar-refractivity contribution is -0.134. The molecule has 1 aliphatic rings. The molecule has 0 bridgehead atoms. The third-order valence-corrected chi connectivity index (χ3v) is 6.12. The van der Waals surface area contributed by atoms with Crippen LogP contribution in [0.3, 0.4) is 0 Å². The van der Waals surface area contributed by atoms with Crippen molar-refractivity contribution in [2.75, 3.05) is 0 Å². The van der Waals surface area contributed by atoms with E-state index >= 15 is 0 Å². The maximum absolute atomic E-state index is 13.3. The van der Waals surface area contributed by atoms with Crippen molar-refractivity contribution >= 4 is 45.3 Å². The molecule has 8 nitrogen and oxygen atoms in total. The third kappa shape index (κ3) is 3.39. The van der Waals surface area contributed by atoms with Crippen LogP contribution in [0.15, 0.2) is 92.0 Å². The van der Waals surface area contributed by atoms with Crippen LogP contribution in [-0.4, -0.2) is 26.2 Å².